The van der Waals surface area contributed by atoms with Crippen LogP contribution in [0.3, 0.4) is 0 Å². The molecular weight excluding hydrogens is 376 g/mol. The Morgan fingerprint density at radius 3 is 2.86 bits per heavy atom. The monoisotopic (exact) mass is 394 g/mol. The largest absolute Gasteiger partial charge is 0.472 e. The predicted octanol–water partition coefficient (Wildman–Crippen LogP) is 3.07. The van der Waals surface area contributed by atoms with Crippen molar-refractivity contribution in [2.45, 2.75) is 26.4 Å². The van der Waals surface area contributed by atoms with Gasteiger partial charge in [0.1, 0.15) is 12.4 Å². The molecule has 1 fully saturated rings. The van der Waals surface area contributed by atoms with E-state index in [4.69, 9.17) is 18.6 Å². The number of hydrogen-bond acceptors (Lipinski definition) is 7. The molecule has 3 heterocycles. The average Bonchev–Trinajstić information content (AvgIpc) is 3.36. The van der Waals surface area contributed by atoms with Crippen molar-refractivity contribution in [3.05, 3.63) is 70.4 Å². The minimum atomic E-state index is -0.712. The molecule has 4 aliphatic rings. The lowest BCUT2D eigenvalue weighted by atomic mass is 9.65. The highest BCUT2D eigenvalue weighted by atomic mass is 16.6. The van der Waals surface area contributed by atoms with Crippen molar-refractivity contribution in [1.29, 1.82) is 0 Å². The first-order chi connectivity index (χ1) is 13.9. The van der Waals surface area contributed by atoms with Gasteiger partial charge in [-0.15, -0.1) is 0 Å². The summed E-state index contributed by atoms with van der Waals surface area (Å²) < 4.78 is 21.6. The molecule has 0 bridgehead atoms. The van der Waals surface area contributed by atoms with E-state index >= 15 is 0 Å². The number of carbonyl (C=O) groups excluding carboxylic acids is 3. The van der Waals surface area contributed by atoms with E-state index in [2.05, 4.69) is 0 Å². The van der Waals surface area contributed by atoms with Gasteiger partial charge in [0.25, 0.3) is 0 Å². The Balaban J connectivity index is 1.72. The van der Waals surface area contributed by atoms with E-state index < -0.39 is 29.4 Å². The third-order valence-corrected chi connectivity index (χ3v) is 6.05. The number of carbonyl (C=O) groups is 3. The van der Waals surface area contributed by atoms with Crippen molar-refractivity contribution in [3.63, 3.8) is 0 Å². The molecule has 148 valence electrons. The number of esters is 3. The van der Waals surface area contributed by atoms with Gasteiger partial charge >= 0.3 is 17.9 Å². The summed E-state index contributed by atoms with van der Waals surface area (Å²) >= 11 is 0. The summed E-state index contributed by atoms with van der Waals surface area (Å²) in [7, 11) is 0. The van der Waals surface area contributed by atoms with Crippen LogP contribution >= 0.6 is 0 Å². The summed E-state index contributed by atoms with van der Waals surface area (Å²) in [5.41, 5.74) is 2.78. The van der Waals surface area contributed by atoms with Crippen LogP contribution in [-0.4, -0.2) is 24.5 Å². The highest BCUT2D eigenvalue weighted by Gasteiger charge is 2.55. The number of ether oxygens (including phenoxy) is 3. The second kappa shape index (κ2) is 6.07. The normalized spacial score (nSPS) is 30.2. The topological polar surface area (TPSA) is 92.0 Å². The molecule has 29 heavy (non-hydrogen) atoms. The number of furan rings is 1. The summed E-state index contributed by atoms with van der Waals surface area (Å²) in [6.45, 7) is 3.39. The molecule has 0 unspecified atom stereocenters. The Morgan fingerprint density at radius 1 is 1.31 bits per heavy atom. The van der Waals surface area contributed by atoms with Gasteiger partial charge in [-0.05, 0) is 30.2 Å². The van der Waals surface area contributed by atoms with Crippen molar-refractivity contribution in [3.8, 4) is 0 Å². The molecule has 0 aromatic carbocycles. The van der Waals surface area contributed by atoms with E-state index in [-0.39, 0.29) is 19.0 Å². The zero-order valence-corrected chi connectivity index (χ0v) is 15.9. The van der Waals surface area contributed by atoms with Gasteiger partial charge < -0.3 is 18.6 Å². The van der Waals surface area contributed by atoms with E-state index in [1.54, 1.807) is 24.5 Å². The molecule has 2 aliphatic carbocycles. The fraction of sp³-hybridized carbons (Fsp3) is 0.318. The maximum absolute atomic E-state index is 12.6. The van der Waals surface area contributed by atoms with Crippen LogP contribution in [0.2, 0.25) is 0 Å². The summed E-state index contributed by atoms with van der Waals surface area (Å²) in [6.07, 6.45) is 8.12. The van der Waals surface area contributed by atoms with Gasteiger partial charge in [0.2, 0.25) is 0 Å². The summed E-state index contributed by atoms with van der Waals surface area (Å²) in [4.78, 5) is 36.7. The molecule has 1 saturated heterocycles. The van der Waals surface area contributed by atoms with Crippen molar-refractivity contribution >= 4 is 17.9 Å². The minimum Gasteiger partial charge on any atom is -0.472 e. The molecule has 7 heteroatoms. The average molecular weight is 394 g/mol. The first-order valence-corrected chi connectivity index (χ1v) is 9.34. The van der Waals surface area contributed by atoms with Gasteiger partial charge in [-0.25, -0.2) is 4.79 Å². The SMILES string of the molecule is CC(=O)OC1=CC2=C(C)C3=C(C=C[C@]24COC(=O)[C@@H]4C1)C(=O)O[C@H]3c1ccoc1. The highest BCUT2D eigenvalue weighted by molar-refractivity contribution is 5.97. The van der Waals surface area contributed by atoms with Crippen LogP contribution in [0.5, 0.6) is 0 Å². The minimum absolute atomic E-state index is 0.176. The van der Waals surface area contributed by atoms with Crippen LogP contribution in [0.4, 0.5) is 0 Å². The quantitative estimate of drug-likeness (QED) is 0.562. The smallest absolute Gasteiger partial charge is 0.339 e. The molecule has 1 spiro atoms. The van der Waals surface area contributed by atoms with Crippen molar-refractivity contribution in [1.82, 2.24) is 0 Å². The third kappa shape index (κ3) is 2.46. The van der Waals surface area contributed by atoms with Gasteiger partial charge in [0.15, 0.2) is 6.10 Å². The van der Waals surface area contributed by atoms with Gasteiger partial charge in [0, 0.05) is 24.5 Å². The first kappa shape index (κ1) is 17.7. The first-order valence-electron chi connectivity index (χ1n) is 9.34. The Morgan fingerprint density at radius 2 is 2.14 bits per heavy atom. The fourth-order valence-electron chi connectivity index (χ4n) is 4.73. The third-order valence-electron chi connectivity index (χ3n) is 6.05. The number of hydrogen-bond donors (Lipinski definition) is 0. The molecule has 1 aromatic heterocycles. The summed E-state index contributed by atoms with van der Waals surface area (Å²) in [5.74, 6) is -1.33. The molecule has 3 atom stereocenters. The second-order valence-corrected chi connectivity index (χ2v) is 7.65. The maximum Gasteiger partial charge on any atom is 0.339 e. The van der Waals surface area contributed by atoms with E-state index in [0.717, 1.165) is 22.3 Å². The van der Waals surface area contributed by atoms with Crippen molar-refractivity contribution < 1.29 is 33.0 Å². The number of allylic oxidation sites excluding steroid dienone is 2. The predicted molar refractivity (Wildman–Crippen MR) is 97.8 cm³/mol. The molecule has 0 N–H and O–H groups in total. The van der Waals surface area contributed by atoms with Gasteiger partial charge in [-0.3, -0.25) is 9.59 Å². The maximum atomic E-state index is 12.6. The van der Waals surface area contributed by atoms with Crippen molar-refractivity contribution in [2.24, 2.45) is 11.3 Å². The molecule has 0 amide bonds. The van der Waals surface area contributed by atoms with Gasteiger partial charge in [-0.1, -0.05) is 12.2 Å². The van der Waals surface area contributed by atoms with Crippen molar-refractivity contribution in [2.75, 3.05) is 6.61 Å². The molecule has 2 aliphatic heterocycles. The molecule has 0 radical (unpaired) electrons. The lowest BCUT2D eigenvalue weighted by Crippen LogP contribution is -2.35. The Kier molecular flexibility index (Phi) is 3.71. The van der Waals surface area contributed by atoms with E-state index in [9.17, 15) is 14.4 Å². The van der Waals surface area contributed by atoms with Crippen LogP contribution in [-0.2, 0) is 28.6 Å². The molecule has 5 rings (SSSR count). The Labute approximate surface area is 166 Å². The number of cyclic esters (lactones) is 2. The standard InChI is InChI=1S/C22H18O7/c1-11-16-7-14(28-12(2)23)8-17-21(25)27-10-22(16,17)5-3-15-18(11)19(29-20(15)24)13-4-6-26-9-13/h3-7,9,17,19H,8,10H2,1-2H3/t17-,19-,22-/m0/s1. The molecule has 1 aromatic rings. The lowest BCUT2D eigenvalue weighted by molar-refractivity contribution is -0.143. The van der Waals surface area contributed by atoms with Crippen LogP contribution in [0, 0.1) is 11.3 Å². The number of rotatable bonds is 2. The zero-order valence-electron chi connectivity index (χ0n) is 15.9. The molecular formula is C22H18O7. The van der Waals surface area contributed by atoms with Crippen LogP contribution in [0.15, 0.2) is 69.3 Å². The Hall–Kier alpha value is -3.35. The van der Waals surface area contributed by atoms with E-state index in [0.29, 0.717) is 11.3 Å². The second-order valence-electron chi connectivity index (χ2n) is 7.65. The van der Waals surface area contributed by atoms with Crippen LogP contribution in [0.1, 0.15) is 31.9 Å². The molecule has 7 nitrogen and oxygen atoms in total. The summed E-state index contributed by atoms with van der Waals surface area (Å²) in [5, 5.41) is 0. The van der Waals surface area contributed by atoms with Gasteiger partial charge in [0.05, 0.1) is 29.4 Å². The van der Waals surface area contributed by atoms with Crippen LogP contribution < -0.4 is 0 Å². The van der Waals surface area contributed by atoms with Crippen LogP contribution in [0.25, 0.3) is 0 Å². The fourth-order valence-corrected chi connectivity index (χ4v) is 4.73. The van der Waals surface area contributed by atoms with Gasteiger partial charge in [-0.2, -0.15) is 0 Å². The lowest BCUT2D eigenvalue weighted by Gasteiger charge is -2.35. The van der Waals surface area contributed by atoms with E-state index in [1.165, 1.54) is 13.2 Å². The molecule has 0 saturated carbocycles. The highest BCUT2D eigenvalue weighted by Crippen LogP contribution is 2.55. The Bertz CT molecular complexity index is 1070. The van der Waals surface area contributed by atoms with E-state index in [1.807, 2.05) is 13.0 Å². The summed E-state index contributed by atoms with van der Waals surface area (Å²) in [6, 6.07) is 1.75. The zero-order chi connectivity index (χ0) is 20.3.